The third-order valence-electron chi connectivity index (χ3n) is 3.91. The Bertz CT molecular complexity index is 873. The van der Waals surface area contributed by atoms with E-state index in [9.17, 15) is 4.57 Å². The molecule has 0 amide bonds. The molecular weight excluding hydrogens is 321 g/mol. The minimum Gasteiger partial charge on any atom is -0.347 e. The van der Waals surface area contributed by atoms with Crippen LogP contribution in [0.3, 0.4) is 0 Å². The Morgan fingerprint density at radius 1 is 0.917 bits per heavy atom. The van der Waals surface area contributed by atoms with Crippen LogP contribution in [0, 0.1) is 6.92 Å². The molecule has 0 aliphatic rings. The zero-order valence-corrected chi connectivity index (χ0v) is 15.1. The predicted octanol–water partition coefficient (Wildman–Crippen LogP) is 5.03. The van der Waals surface area contributed by atoms with E-state index >= 15 is 0 Å². The molecule has 0 atom stereocenters. The lowest BCUT2D eigenvalue weighted by atomic mass is 10.1. The van der Waals surface area contributed by atoms with Crippen molar-refractivity contribution < 1.29 is 13.6 Å². The Balaban J connectivity index is 2.23. The van der Waals surface area contributed by atoms with E-state index in [-0.39, 0.29) is 0 Å². The molecule has 1 N–H and O–H groups in total. The summed E-state index contributed by atoms with van der Waals surface area (Å²) in [7, 11) is -3.38. The lowest BCUT2D eigenvalue weighted by Gasteiger charge is -2.16. The summed E-state index contributed by atoms with van der Waals surface area (Å²) in [4.78, 5) is 3.32. The minimum atomic E-state index is -3.38. The van der Waals surface area contributed by atoms with Gasteiger partial charge < -0.3 is 14.0 Å². The number of benzene rings is 2. The van der Waals surface area contributed by atoms with Gasteiger partial charge in [0.1, 0.15) is 5.44 Å². The molecule has 0 saturated carbocycles. The van der Waals surface area contributed by atoms with Crippen molar-refractivity contribution in [1.29, 1.82) is 0 Å². The first-order valence-electron chi connectivity index (χ1n) is 8.16. The second-order valence-corrected chi connectivity index (χ2v) is 7.55. The Kier molecular flexibility index (Phi) is 4.91. The molecule has 1 aromatic heterocycles. The third kappa shape index (κ3) is 3.05. The first-order valence-corrected chi connectivity index (χ1v) is 9.70. The van der Waals surface area contributed by atoms with Gasteiger partial charge in [-0.1, -0.05) is 54.1 Å². The molecule has 0 saturated heterocycles. The van der Waals surface area contributed by atoms with Crippen LogP contribution < -0.4 is 5.44 Å². The van der Waals surface area contributed by atoms with E-state index in [1.54, 1.807) is 0 Å². The maximum atomic E-state index is 13.3. The van der Waals surface area contributed by atoms with Crippen LogP contribution in [0.4, 0.5) is 0 Å². The molecule has 0 fully saturated rings. The fourth-order valence-corrected chi connectivity index (χ4v) is 4.58. The fraction of sp³-hybridized carbons (Fsp3) is 0.263. The molecule has 0 aliphatic carbocycles. The van der Waals surface area contributed by atoms with Crippen molar-refractivity contribution in [3.05, 3.63) is 54.1 Å². The first kappa shape index (κ1) is 17.0. The second kappa shape index (κ2) is 6.94. The Labute approximate surface area is 142 Å². The highest BCUT2D eigenvalue weighted by Crippen LogP contribution is 2.49. The van der Waals surface area contributed by atoms with Crippen LogP contribution in [-0.2, 0) is 13.6 Å². The van der Waals surface area contributed by atoms with Crippen LogP contribution in [0.5, 0.6) is 0 Å². The van der Waals surface area contributed by atoms with Crippen molar-refractivity contribution in [2.24, 2.45) is 0 Å². The van der Waals surface area contributed by atoms with Gasteiger partial charge >= 0.3 is 7.60 Å². The van der Waals surface area contributed by atoms with Crippen molar-refractivity contribution in [2.75, 3.05) is 13.2 Å². The van der Waals surface area contributed by atoms with Crippen LogP contribution in [0.25, 0.3) is 22.0 Å². The van der Waals surface area contributed by atoms with Crippen molar-refractivity contribution in [3.63, 3.8) is 0 Å². The number of aromatic nitrogens is 1. The lowest BCUT2D eigenvalue weighted by molar-refractivity contribution is 0.229. The SMILES string of the molecule is CCOP(=O)(OCC)c1[nH]c(-c2ccc(C)cc2)c2ccccc12. The average Bonchev–Trinajstić information content (AvgIpc) is 2.96. The minimum absolute atomic E-state index is 0.324. The first-order chi connectivity index (χ1) is 11.6. The van der Waals surface area contributed by atoms with Gasteiger partial charge in [-0.3, -0.25) is 4.57 Å². The summed E-state index contributed by atoms with van der Waals surface area (Å²) in [5.74, 6) is 0. The van der Waals surface area contributed by atoms with Crippen molar-refractivity contribution in [2.45, 2.75) is 20.8 Å². The molecule has 1 heterocycles. The number of rotatable bonds is 6. The van der Waals surface area contributed by atoms with Crippen LogP contribution in [-0.4, -0.2) is 18.2 Å². The van der Waals surface area contributed by atoms with Gasteiger partial charge in [0.25, 0.3) is 0 Å². The smallest absolute Gasteiger partial charge is 0.347 e. The summed E-state index contributed by atoms with van der Waals surface area (Å²) >= 11 is 0. The molecule has 126 valence electrons. The molecule has 4 nitrogen and oxygen atoms in total. The third-order valence-corrected chi connectivity index (χ3v) is 6.00. The normalized spacial score (nSPS) is 12.0. The van der Waals surface area contributed by atoms with Gasteiger partial charge in [-0.15, -0.1) is 0 Å². The van der Waals surface area contributed by atoms with E-state index in [1.807, 2.05) is 38.1 Å². The molecule has 24 heavy (non-hydrogen) atoms. The number of H-pyrrole nitrogens is 1. The highest BCUT2D eigenvalue weighted by molar-refractivity contribution is 7.62. The summed E-state index contributed by atoms with van der Waals surface area (Å²) in [5, 5.41) is 1.88. The number of hydrogen-bond donors (Lipinski definition) is 1. The van der Waals surface area contributed by atoms with Gasteiger partial charge in [-0.2, -0.15) is 0 Å². The Morgan fingerprint density at radius 2 is 1.50 bits per heavy atom. The zero-order valence-electron chi connectivity index (χ0n) is 14.2. The van der Waals surface area contributed by atoms with Crippen molar-refractivity contribution in [3.8, 4) is 11.3 Å². The fourth-order valence-electron chi connectivity index (χ4n) is 2.83. The summed E-state index contributed by atoms with van der Waals surface area (Å²) in [6.45, 7) is 6.34. The number of aromatic amines is 1. The highest BCUT2D eigenvalue weighted by atomic mass is 31.2. The molecule has 0 aliphatic heterocycles. The summed E-state index contributed by atoms with van der Waals surface area (Å²) in [6.07, 6.45) is 0. The number of aryl methyl sites for hydroxylation is 1. The maximum absolute atomic E-state index is 13.3. The Hall–Kier alpha value is -1.87. The largest absolute Gasteiger partial charge is 0.378 e. The number of fused-ring (bicyclic) bond motifs is 1. The maximum Gasteiger partial charge on any atom is 0.378 e. The number of hydrogen-bond acceptors (Lipinski definition) is 3. The van der Waals surface area contributed by atoms with Gasteiger partial charge in [-0.25, -0.2) is 0 Å². The molecule has 0 spiro atoms. The molecule has 2 aromatic carbocycles. The van der Waals surface area contributed by atoms with Gasteiger partial charge in [0.15, 0.2) is 0 Å². The van der Waals surface area contributed by atoms with Crippen LogP contribution in [0.15, 0.2) is 48.5 Å². The molecular formula is C19H22NO3P. The van der Waals surface area contributed by atoms with Crippen LogP contribution in [0.2, 0.25) is 0 Å². The standard InChI is InChI=1S/C19H22NO3P/c1-4-22-24(21,23-5-2)19-17-9-7-6-8-16(17)18(20-19)15-12-10-14(3)11-13-15/h6-13,20H,4-5H2,1-3H3. The van der Waals surface area contributed by atoms with Gasteiger partial charge in [-0.05, 0) is 26.3 Å². The summed E-state index contributed by atoms with van der Waals surface area (Å²) < 4.78 is 24.3. The van der Waals surface area contributed by atoms with E-state index in [0.29, 0.717) is 18.6 Å². The van der Waals surface area contributed by atoms with Crippen molar-refractivity contribution >= 4 is 23.8 Å². The lowest BCUT2D eigenvalue weighted by Crippen LogP contribution is -2.12. The van der Waals surface area contributed by atoms with E-state index in [4.69, 9.17) is 9.05 Å². The molecule has 5 heteroatoms. The topological polar surface area (TPSA) is 51.3 Å². The number of nitrogens with one attached hydrogen (secondary N) is 1. The molecule has 0 radical (unpaired) electrons. The predicted molar refractivity (Wildman–Crippen MR) is 99.0 cm³/mol. The average molecular weight is 343 g/mol. The van der Waals surface area contributed by atoms with E-state index in [2.05, 4.69) is 36.2 Å². The summed E-state index contributed by atoms with van der Waals surface area (Å²) in [5.41, 5.74) is 3.70. The highest BCUT2D eigenvalue weighted by Gasteiger charge is 2.31. The molecule has 0 bridgehead atoms. The van der Waals surface area contributed by atoms with Gasteiger partial charge in [0.2, 0.25) is 0 Å². The van der Waals surface area contributed by atoms with Gasteiger partial charge in [0.05, 0.1) is 18.9 Å². The van der Waals surface area contributed by atoms with E-state index in [1.165, 1.54) is 5.56 Å². The Morgan fingerprint density at radius 3 is 2.08 bits per heavy atom. The van der Waals surface area contributed by atoms with Gasteiger partial charge in [0, 0.05) is 10.8 Å². The molecule has 3 aromatic rings. The zero-order chi connectivity index (χ0) is 17.2. The quantitative estimate of drug-likeness (QED) is 0.638. The molecule has 0 unspecified atom stereocenters. The summed E-state index contributed by atoms with van der Waals surface area (Å²) in [6, 6.07) is 16.1. The van der Waals surface area contributed by atoms with Crippen LogP contribution in [0.1, 0.15) is 19.4 Å². The monoisotopic (exact) mass is 343 g/mol. The molecule has 3 rings (SSSR count). The van der Waals surface area contributed by atoms with E-state index < -0.39 is 7.60 Å². The van der Waals surface area contributed by atoms with Crippen molar-refractivity contribution in [1.82, 2.24) is 4.98 Å². The van der Waals surface area contributed by atoms with E-state index in [0.717, 1.165) is 22.0 Å². The van der Waals surface area contributed by atoms with Crippen LogP contribution >= 0.6 is 7.60 Å². The second-order valence-electron chi connectivity index (χ2n) is 5.59.